The maximum Gasteiger partial charge on any atom is 0.373 e. The van der Waals surface area contributed by atoms with Crippen molar-refractivity contribution < 1.29 is 23.8 Å². The van der Waals surface area contributed by atoms with E-state index in [1.54, 1.807) is 20.8 Å². The van der Waals surface area contributed by atoms with Gasteiger partial charge < -0.3 is 14.2 Å². The Bertz CT molecular complexity index is 244. The lowest BCUT2D eigenvalue weighted by Gasteiger charge is -2.06. The molecule has 0 atom stereocenters. The third kappa shape index (κ3) is 5.72. The number of hydrogen-bond acceptors (Lipinski definition) is 5. The van der Waals surface area contributed by atoms with Crippen molar-refractivity contribution in [1.82, 2.24) is 0 Å². The Morgan fingerprint density at radius 1 is 0.933 bits per heavy atom. The monoisotopic (exact) mass is 216 g/mol. The van der Waals surface area contributed by atoms with Crippen LogP contribution in [0.4, 0.5) is 0 Å². The van der Waals surface area contributed by atoms with Crippen LogP contribution in [0.25, 0.3) is 0 Å². The third-order valence-corrected chi connectivity index (χ3v) is 1.31. The molecular formula is C10H16O5. The van der Waals surface area contributed by atoms with E-state index in [2.05, 4.69) is 4.74 Å². The maximum atomic E-state index is 11.2. The minimum absolute atomic E-state index is 0.127. The Labute approximate surface area is 89.0 Å². The van der Waals surface area contributed by atoms with Gasteiger partial charge in [-0.3, -0.25) is 0 Å². The molecule has 0 radical (unpaired) electrons. The molecule has 5 heteroatoms. The van der Waals surface area contributed by atoms with Crippen LogP contribution in [0, 0.1) is 0 Å². The van der Waals surface area contributed by atoms with Crippen LogP contribution >= 0.6 is 0 Å². The number of carbonyl (C=O) groups is 2. The van der Waals surface area contributed by atoms with Gasteiger partial charge in [0.25, 0.3) is 0 Å². The molecule has 0 aliphatic carbocycles. The van der Waals surface area contributed by atoms with Gasteiger partial charge >= 0.3 is 11.9 Å². The van der Waals surface area contributed by atoms with E-state index in [0.29, 0.717) is 0 Å². The van der Waals surface area contributed by atoms with Crippen LogP contribution in [0.2, 0.25) is 0 Å². The van der Waals surface area contributed by atoms with Crippen molar-refractivity contribution in [3.63, 3.8) is 0 Å². The Balaban J connectivity index is 4.48. The van der Waals surface area contributed by atoms with Crippen LogP contribution < -0.4 is 0 Å². The summed E-state index contributed by atoms with van der Waals surface area (Å²) in [5.41, 5.74) is 0. The van der Waals surface area contributed by atoms with Gasteiger partial charge in [0.1, 0.15) is 0 Å². The minimum Gasteiger partial charge on any atom is -0.487 e. The van der Waals surface area contributed by atoms with Gasteiger partial charge in [-0.1, -0.05) is 0 Å². The van der Waals surface area contributed by atoms with Gasteiger partial charge in [-0.15, -0.1) is 0 Å². The highest BCUT2D eigenvalue weighted by molar-refractivity contribution is 5.94. The second-order valence-electron chi connectivity index (χ2n) is 2.41. The minimum atomic E-state index is -0.660. The highest BCUT2D eigenvalue weighted by Crippen LogP contribution is 2.01. The highest BCUT2D eigenvalue weighted by Gasteiger charge is 2.14. The lowest BCUT2D eigenvalue weighted by Crippen LogP contribution is -2.13. The molecule has 0 bridgehead atoms. The van der Waals surface area contributed by atoms with E-state index in [1.807, 2.05) is 0 Å². The highest BCUT2D eigenvalue weighted by atomic mass is 16.6. The number of carbonyl (C=O) groups excluding carboxylic acids is 2. The van der Waals surface area contributed by atoms with Gasteiger partial charge in [0.05, 0.1) is 25.9 Å². The summed E-state index contributed by atoms with van der Waals surface area (Å²) < 4.78 is 14.3. The van der Waals surface area contributed by atoms with Crippen LogP contribution in [0.1, 0.15) is 20.8 Å². The molecule has 0 aliphatic heterocycles. The summed E-state index contributed by atoms with van der Waals surface area (Å²) in [6.07, 6.45) is 0.991. The average molecular weight is 216 g/mol. The van der Waals surface area contributed by atoms with E-state index in [4.69, 9.17) is 9.47 Å². The molecule has 0 spiro atoms. The normalized spacial score (nSPS) is 10.7. The summed E-state index contributed by atoms with van der Waals surface area (Å²) in [5, 5.41) is 0. The molecular weight excluding hydrogens is 200 g/mol. The average Bonchev–Trinajstić information content (AvgIpc) is 2.18. The molecule has 0 rings (SSSR count). The standard InChI is InChI=1S/C10H16O5/c1-4-13-8(10(12)15-6-3)7-9(11)14-5-2/h7H,4-6H2,1-3H3. The predicted molar refractivity (Wildman–Crippen MR) is 53.0 cm³/mol. The molecule has 0 aromatic carbocycles. The first-order chi connectivity index (χ1) is 7.15. The topological polar surface area (TPSA) is 61.8 Å². The first-order valence-corrected chi connectivity index (χ1v) is 4.84. The Kier molecular flexibility index (Phi) is 7.05. The molecule has 0 fully saturated rings. The molecule has 0 unspecified atom stereocenters. The molecule has 5 nitrogen and oxygen atoms in total. The molecule has 0 aliphatic rings. The number of hydrogen-bond donors (Lipinski definition) is 0. The number of rotatable bonds is 6. The van der Waals surface area contributed by atoms with Gasteiger partial charge in [0, 0.05) is 0 Å². The van der Waals surface area contributed by atoms with Crippen LogP contribution in [0.5, 0.6) is 0 Å². The van der Waals surface area contributed by atoms with E-state index in [-0.39, 0.29) is 25.6 Å². The molecule has 15 heavy (non-hydrogen) atoms. The zero-order chi connectivity index (χ0) is 11.7. The first-order valence-electron chi connectivity index (χ1n) is 4.84. The van der Waals surface area contributed by atoms with Crippen LogP contribution in [0.3, 0.4) is 0 Å². The van der Waals surface area contributed by atoms with Gasteiger partial charge in [-0.25, -0.2) is 9.59 Å². The van der Waals surface area contributed by atoms with Crippen LogP contribution in [-0.4, -0.2) is 31.8 Å². The fraction of sp³-hybridized carbons (Fsp3) is 0.600. The summed E-state index contributed by atoms with van der Waals surface area (Å²) >= 11 is 0. The summed E-state index contributed by atoms with van der Waals surface area (Å²) in [6, 6.07) is 0. The molecule has 0 aromatic rings. The van der Waals surface area contributed by atoms with Crippen LogP contribution in [-0.2, 0) is 23.8 Å². The molecule has 0 amide bonds. The molecule has 0 saturated carbocycles. The van der Waals surface area contributed by atoms with Gasteiger partial charge in [0.15, 0.2) is 0 Å². The zero-order valence-corrected chi connectivity index (χ0v) is 9.24. The molecule has 0 aromatic heterocycles. The second kappa shape index (κ2) is 7.84. The van der Waals surface area contributed by atoms with Crippen LogP contribution in [0.15, 0.2) is 11.8 Å². The number of esters is 2. The summed E-state index contributed by atoms with van der Waals surface area (Å²) in [7, 11) is 0. The van der Waals surface area contributed by atoms with Crippen molar-refractivity contribution in [1.29, 1.82) is 0 Å². The summed E-state index contributed by atoms with van der Waals surface area (Å²) in [6.45, 7) is 5.81. The maximum absolute atomic E-state index is 11.2. The van der Waals surface area contributed by atoms with Crippen molar-refractivity contribution in [2.75, 3.05) is 19.8 Å². The smallest absolute Gasteiger partial charge is 0.373 e. The molecule has 86 valence electrons. The van der Waals surface area contributed by atoms with Crippen molar-refractivity contribution in [2.45, 2.75) is 20.8 Å². The van der Waals surface area contributed by atoms with Gasteiger partial charge in [0.2, 0.25) is 5.76 Å². The van der Waals surface area contributed by atoms with E-state index in [9.17, 15) is 9.59 Å². The molecule has 0 N–H and O–H groups in total. The fourth-order valence-electron chi connectivity index (χ4n) is 0.808. The Morgan fingerprint density at radius 3 is 1.93 bits per heavy atom. The van der Waals surface area contributed by atoms with E-state index in [1.165, 1.54) is 0 Å². The lowest BCUT2D eigenvalue weighted by molar-refractivity contribution is -0.144. The summed E-state index contributed by atoms with van der Waals surface area (Å²) in [5.74, 6) is -1.40. The van der Waals surface area contributed by atoms with Gasteiger partial charge in [-0.05, 0) is 20.8 Å². The lowest BCUT2D eigenvalue weighted by atomic mass is 10.4. The van der Waals surface area contributed by atoms with E-state index in [0.717, 1.165) is 6.08 Å². The van der Waals surface area contributed by atoms with Crippen molar-refractivity contribution in [3.05, 3.63) is 11.8 Å². The SMILES string of the molecule is CCOC(=O)C=C(OCC)C(=O)OCC. The predicted octanol–water partition coefficient (Wildman–Crippen LogP) is 1.03. The van der Waals surface area contributed by atoms with E-state index < -0.39 is 11.9 Å². The Hall–Kier alpha value is -1.52. The van der Waals surface area contributed by atoms with E-state index >= 15 is 0 Å². The first kappa shape index (κ1) is 13.5. The number of ether oxygens (including phenoxy) is 3. The fourth-order valence-corrected chi connectivity index (χ4v) is 0.808. The summed E-state index contributed by atoms with van der Waals surface area (Å²) in [4.78, 5) is 22.3. The quantitative estimate of drug-likeness (QED) is 0.377. The largest absolute Gasteiger partial charge is 0.487 e. The molecule has 0 heterocycles. The zero-order valence-electron chi connectivity index (χ0n) is 9.24. The van der Waals surface area contributed by atoms with Crippen molar-refractivity contribution in [2.24, 2.45) is 0 Å². The van der Waals surface area contributed by atoms with Crippen molar-refractivity contribution in [3.8, 4) is 0 Å². The molecule has 0 saturated heterocycles. The van der Waals surface area contributed by atoms with Gasteiger partial charge in [-0.2, -0.15) is 0 Å². The second-order valence-corrected chi connectivity index (χ2v) is 2.41. The third-order valence-electron chi connectivity index (χ3n) is 1.31. The van der Waals surface area contributed by atoms with Crippen molar-refractivity contribution >= 4 is 11.9 Å². The Morgan fingerprint density at radius 2 is 1.47 bits per heavy atom.